The van der Waals surface area contributed by atoms with Crippen LogP contribution < -0.4 is 5.32 Å². The Balaban J connectivity index is 2.50. The molecule has 1 aromatic carbocycles. The molecule has 3 nitrogen and oxygen atoms in total. The lowest BCUT2D eigenvalue weighted by molar-refractivity contribution is 0.161. The minimum absolute atomic E-state index is 0.00979. The third kappa shape index (κ3) is 3.95. The van der Waals surface area contributed by atoms with Crippen molar-refractivity contribution < 1.29 is 14.6 Å². The van der Waals surface area contributed by atoms with Crippen molar-refractivity contribution in [3.8, 4) is 0 Å². The zero-order chi connectivity index (χ0) is 11.3. The fourth-order valence-electron chi connectivity index (χ4n) is 1.21. The second kappa shape index (κ2) is 5.80. The van der Waals surface area contributed by atoms with Gasteiger partial charge in [0.1, 0.15) is 5.82 Å². The molecule has 0 fully saturated rings. The fraction of sp³-hybridized carbons (Fsp3) is 0.455. The maximum atomic E-state index is 12.8. The molecular formula is C11H16FNO2. The summed E-state index contributed by atoms with van der Waals surface area (Å²) in [6.07, 6.45) is -0.755. The van der Waals surface area contributed by atoms with Gasteiger partial charge in [-0.15, -0.1) is 0 Å². The normalized spacial score (nSPS) is 14.9. The largest absolute Gasteiger partial charge is 0.395 e. The molecule has 0 saturated carbocycles. The Labute approximate surface area is 88.6 Å². The Hall–Kier alpha value is -0.970. The first kappa shape index (κ1) is 12.1. The van der Waals surface area contributed by atoms with E-state index in [2.05, 4.69) is 5.32 Å². The van der Waals surface area contributed by atoms with Gasteiger partial charge in [0.25, 0.3) is 0 Å². The van der Waals surface area contributed by atoms with Crippen LogP contribution in [0.2, 0.25) is 0 Å². The van der Waals surface area contributed by atoms with E-state index in [-0.39, 0.29) is 18.5 Å². The van der Waals surface area contributed by atoms with Crippen LogP contribution >= 0.6 is 0 Å². The predicted molar refractivity (Wildman–Crippen MR) is 55.9 cm³/mol. The number of aliphatic hydroxyl groups is 2. The lowest BCUT2D eigenvalue weighted by Gasteiger charge is -2.15. The Morgan fingerprint density at radius 2 is 2.20 bits per heavy atom. The van der Waals surface area contributed by atoms with Gasteiger partial charge in [-0.2, -0.15) is 0 Å². The first-order chi connectivity index (χ1) is 7.13. The fourth-order valence-corrected chi connectivity index (χ4v) is 1.21. The third-order valence-electron chi connectivity index (χ3n) is 2.17. The van der Waals surface area contributed by atoms with Crippen LogP contribution in [-0.2, 0) is 0 Å². The maximum absolute atomic E-state index is 12.8. The van der Waals surface area contributed by atoms with Crippen molar-refractivity contribution in [1.82, 2.24) is 5.32 Å². The van der Waals surface area contributed by atoms with Crippen molar-refractivity contribution in [3.63, 3.8) is 0 Å². The summed E-state index contributed by atoms with van der Waals surface area (Å²) in [5, 5.41) is 21.4. The van der Waals surface area contributed by atoms with E-state index in [0.29, 0.717) is 12.1 Å². The Morgan fingerprint density at radius 3 is 2.80 bits per heavy atom. The zero-order valence-electron chi connectivity index (χ0n) is 8.65. The van der Waals surface area contributed by atoms with Crippen LogP contribution in [0.4, 0.5) is 4.39 Å². The molecule has 0 saturated heterocycles. The van der Waals surface area contributed by atoms with Crippen LogP contribution in [-0.4, -0.2) is 29.4 Å². The molecule has 0 amide bonds. The molecule has 2 atom stereocenters. The Morgan fingerprint density at radius 1 is 1.47 bits per heavy atom. The monoisotopic (exact) mass is 213 g/mol. The SMILES string of the molecule is CC(CO)NCC(O)c1cccc(F)c1. The smallest absolute Gasteiger partial charge is 0.123 e. The van der Waals surface area contributed by atoms with Crippen molar-refractivity contribution in [3.05, 3.63) is 35.6 Å². The molecule has 3 N–H and O–H groups in total. The quantitative estimate of drug-likeness (QED) is 0.679. The molecule has 4 heteroatoms. The number of hydrogen-bond acceptors (Lipinski definition) is 3. The van der Waals surface area contributed by atoms with E-state index in [4.69, 9.17) is 5.11 Å². The first-order valence-electron chi connectivity index (χ1n) is 4.91. The van der Waals surface area contributed by atoms with Crippen molar-refractivity contribution in [1.29, 1.82) is 0 Å². The van der Waals surface area contributed by atoms with Gasteiger partial charge < -0.3 is 15.5 Å². The molecule has 0 aromatic heterocycles. The minimum Gasteiger partial charge on any atom is -0.395 e. The number of rotatable bonds is 5. The Kier molecular flexibility index (Phi) is 4.68. The van der Waals surface area contributed by atoms with Gasteiger partial charge in [0.2, 0.25) is 0 Å². The molecule has 1 aromatic rings. The lowest BCUT2D eigenvalue weighted by Crippen LogP contribution is -2.32. The second-order valence-corrected chi connectivity index (χ2v) is 3.56. The van der Waals surface area contributed by atoms with Crippen molar-refractivity contribution >= 4 is 0 Å². The molecule has 1 rings (SSSR count). The maximum Gasteiger partial charge on any atom is 0.123 e. The molecule has 0 aliphatic heterocycles. The molecule has 84 valence electrons. The predicted octanol–water partition coefficient (Wildman–Crippen LogP) is 0.830. The summed E-state index contributed by atoms with van der Waals surface area (Å²) in [7, 11) is 0. The van der Waals surface area contributed by atoms with Gasteiger partial charge in [-0.05, 0) is 24.6 Å². The van der Waals surface area contributed by atoms with E-state index in [1.807, 2.05) is 0 Å². The van der Waals surface area contributed by atoms with Gasteiger partial charge in [0.05, 0.1) is 12.7 Å². The highest BCUT2D eigenvalue weighted by Gasteiger charge is 2.09. The van der Waals surface area contributed by atoms with Crippen LogP contribution in [0.5, 0.6) is 0 Å². The van der Waals surface area contributed by atoms with E-state index < -0.39 is 6.10 Å². The molecule has 0 heterocycles. The minimum atomic E-state index is -0.755. The summed E-state index contributed by atoms with van der Waals surface area (Å²) in [6, 6.07) is 5.78. The molecule has 2 unspecified atom stereocenters. The number of benzene rings is 1. The van der Waals surface area contributed by atoms with Crippen molar-refractivity contribution in [2.75, 3.05) is 13.2 Å². The summed E-state index contributed by atoms with van der Waals surface area (Å²) in [5.74, 6) is -0.359. The third-order valence-corrected chi connectivity index (χ3v) is 2.17. The highest BCUT2D eigenvalue weighted by Crippen LogP contribution is 2.12. The van der Waals surface area contributed by atoms with Crippen LogP contribution in [0, 0.1) is 5.82 Å². The highest BCUT2D eigenvalue weighted by molar-refractivity contribution is 5.18. The Bertz CT molecular complexity index is 306. The molecule has 15 heavy (non-hydrogen) atoms. The van der Waals surface area contributed by atoms with Crippen LogP contribution in [0.15, 0.2) is 24.3 Å². The number of aliphatic hydroxyl groups excluding tert-OH is 2. The van der Waals surface area contributed by atoms with Crippen molar-refractivity contribution in [2.45, 2.75) is 19.1 Å². The standard InChI is InChI=1S/C11H16FNO2/c1-8(7-14)13-6-11(15)9-3-2-4-10(12)5-9/h2-5,8,11,13-15H,6-7H2,1H3. The summed E-state index contributed by atoms with van der Waals surface area (Å²) < 4.78 is 12.8. The van der Waals surface area contributed by atoms with Gasteiger partial charge in [0.15, 0.2) is 0 Å². The van der Waals surface area contributed by atoms with E-state index in [1.54, 1.807) is 19.1 Å². The first-order valence-corrected chi connectivity index (χ1v) is 4.91. The molecule has 0 radical (unpaired) electrons. The zero-order valence-corrected chi connectivity index (χ0v) is 8.65. The molecule has 0 aliphatic carbocycles. The van der Waals surface area contributed by atoms with Crippen molar-refractivity contribution in [2.24, 2.45) is 0 Å². The van der Waals surface area contributed by atoms with E-state index in [1.165, 1.54) is 12.1 Å². The average Bonchev–Trinajstić information content (AvgIpc) is 2.25. The van der Waals surface area contributed by atoms with Gasteiger partial charge in [-0.3, -0.25) is 0 Å². The van der Waals surface area contributed by atoms with E-state index in [0.717, 1.165) is 0 Å². The summed E-state index contributed by atoms with van der Waals surface area (Å²) >= 11 is 0. The second-order valence-electron chi connectivity index (χ2n) is 3.56. The summed E-state index contributed by atoms with van der Waals surface area (Å²) in [5.41, 5.74) is 0.535. The van der Waals surface area contributed by atoms with Gasteiger partial charge in [-0.1, -0.05) is 12.1 Å². The van der Waals surface area contributed by atoms with Crippen LogP contribution in [0.3, 0.4) is 0 Å². The average molecular weight is 213 g/mol. The van der Waals surface area contributed by atoms with E-state index in [9.17, 15) is 9.50 Å². The molecule has 0 spiro atoms. The topological polar surface area (TPSA) is 52.5 Å². The van der Waals surface area contributed by atoms with Gasteiger partial charge in [-0.25, -0.2) is 4.39 Å². The molecule has 0 bridgehead atoms. The van der Waals surface area contributed by atoms with Crippen LogP contribution in [0.1, 0.15) is 18.6 Å². The lowest BCUT2D eigenvalue weighted by atomic mass is 10.1. The molecular weight excluding hydrogens is 197 g/mol. The highest BCUT2D eigenvalue weighted by atomic mass is 19.1. The summed E-state index contributed by atoms with van der Waals surface area (Å²) in [6.45, 7) is 2.11. The number of hydrogen-bond donors (Lipinski definition) is 3. The molecule has 0 aliphatic rings. The van der Waals surface area contributed by atoms with Gasteiger partial charge >= 0.3 is 0 Å². The summed E-state index contributed by atoms with van der Waals surface area (Å²) in [4.78, 5) is 0. The van der Waals surface area contributed by atoms with E-state index >= 15 is 0 Å². The number of halogens is 1. The van der Waals surface area contributed by atoms with Crippen LogP contribution in [0.25, 0.3) is 0 Å². The van der Waals surface area contributed by atoms with Gasteiger partial charge in [0, 0.05) is 12.6 Å². The number of nitrogens with one attached hydrogen (secondary N) is 1.